The summed E-state index contributed by atoms with van der Waals surface area (Å²) in [5.41, 5.74) is 0.300. The molecule has 1 N–H and O–H groups in total. The van der Waals surface area contributed by atoms with Gasteiger partial charge in [-0.25, -0.2) is 9.69 Å². The Bertz CT molecular complexity index is 814. The van der Waals surface area contributed by atoms with Crippen molar-refractivity contribution < 1.29 is 19.2 Å². The van der Waals surface area contributed by atoms with Gasteiger partial charge in [-0.1, -0.05) is 43.0 Å². The molecule has 1 heterocycles. The van der Waals surface area contributed by atoms with Crippen molar-refractivity contribution in [2.45, 2.75) is 38.6 Å². The average molecular weight is 412 g/mol. The first-order valence-electron chi connectivity index (χ1n) is 8.73. The molecule has 1 aromatic rings. The van der Waals surface area contributed by atoms with Gasteiger partial charge in [-0.2, -0.15) is 0 Å². The van der Waals surface area contributed by atoms with E-state index in [2.05, 4.69) is 5.32 Å². The molecular formula is C18H19Cl2N3O4. The van der Waals surface area contributed by atoms with Gasteiger partial charge in [0.05, 0.1) is 10.7 Å². The normalized spacial score (nSPS) is 23.1. The quantitative estimate of drug-likeness (QED) is 0.607. The van der Waals surface area contributed by atoms with Crippen LogP contribution in [0.5, 0.6) is 0 Å². The van der Waals surface area contributed by atoms with Gasteiger partial charge in [-0.05, 0) is 37.0 Å². The topological polar surface area (TPSA) is 86.8 Å². The predicted octanol–water partition coefficient (Wildman–Crippen LogP) is 3.30. The molecule has 1 aliphatic carbocycles. The van der Waals surface area contributed by atoms with Crippen molar-refractivity contribution in [1.29, 1.82) is 0 Å². The molecule has 0 bridgehead atoms. The fraction of sp³-hybridized carbons (Fsp3) is 0.444. The van der Waals surface area contributed by atoms with E-state index in [0.29, 0.717) is 22.0 Å². The summed E-state index contributed by atoms with van der Waals surface area (Å²) in [6, 6.07) is 3.48. The first kappa shape index (κ1) is 19.6. The van der Waals surface area contributed by atoms with Crippen LogP contribution in [0.3, 0.4) is 0 Å². The summed E-state index contributed by atoms with van der Waals surface area (Å²) >= 11 is 11.8. The number of hydrogen-bond donors (Lipinski definition) is 1. The Kier molecular flexibility index (Phi) is 5.72. The monoisotopic (exact) mass is 411 g/mol. The minimum atomic E-state index is -0.977. The molecule has 1 aromatic carbocycles. The molecule has 2 atom stereocenters. The second-order valence-corrected chi connectivity index (χ2v) is 7.69. The van der Waals surface area contributed by atoms with Crippen molar-refractivity contribution in [1.82, 2.24) is 9.80 Å². The minimum absolute atomic E-state index is 0.126. The van der Waals surface area contributed by atoms with Gasteiger partial charge in [-0.3, -0.25) is 19.3 Å². The van der Waals surface area contributed by atoms with E-state index in [9.17, 15) is 19.2 Å². The summed E-state index contributed by atoms with van der Waals surface area (Å²) in [4.78, 5) is 51.2. The van der Waals surface area contributed by atoms with Gasteiger partial charge in [-0.15, -0.1) is 0 Å². The van der Waals surface area contributed by atoms with E-state index < -0.39 is 30.3 Å². The zero-order valence-electron chi connectivity index (χ0n) is 14.7. The van der Waals surface area contributed by atoms with Crippen molar-refractivity contribution in [2.24, 2.45) is 5.92 Å². The van der Waals surface area contributed by atoms with Crippen molar-refractivity contribution in [3.05, 3.63) is 28.2 Å². The largest absolute Gasteiger partial charge is 0.334 e. The number of benzene rings is 1. The molecule has 5 amide bonds. The third kappa shape index (κ3) is 3.94. The molecule has 27 heavy (non-hydrogen) atoms. The smallest absolute Gasteiger partial charge is 0.323 e. The molecular weight excluding hydrogens is 393 g/mol. The third-order valence-corrected chi connectivity index (χ3v) is 5.54. The van der Waals surface area contributed by atoms with Crippen LogP contribution < -0.4 is 5.32 Å². The Hall–Kier alpha value is -2.12. The Morgan fingerprint density at radius 2 is 1.85 bits per heavy atom. The predicted molar refractivity (Wildman–Crippen MR) is 100 cm³/mol. The van der Waals surface area contributed by atoms with Crippen LogP contribution in [-0.2, 0) is 14.4 Å². The maximum absolute atomic E-state index is 12.7. The van der Waals surface area contributed by atoms with E-state index in [1.807, 2.05) is 6.92 Å². The zero-order valence-corrected chi connectivity index (χ0v) is 16.2. The number of hydrogen-bond acceptors (Lipinski definition) is 4. The molecule has 144 valence electrons. The van der Waals surface area contributed by atoms with E-state index in [0.717, 1.165) is 24.2 Å². The van der Waals surface area contributed by atoms with Gasteiger partial charge in [0.15, 0.2) is 0 Å². The molecule has 0 radical (unpaired) electrons. The lowest BCUT2D eigenvalue weighted by Crippen LogP contribution is -2.46. The number of carbonyl (C=O) groups excluding carboxylic acids is 4. The molecule has 2 fully saturated rings. The van der Waals surface area contributed by atoms with Gasteiger partial charge in [0.1, 0.15) is 6.54 Å². The van der Waals surface area contributed by atoms with Crippen LogP contribution in [-0.4, -0.2) is 46.1 Å². The molecule has 7 nitrogen and oxygen atoms in total. The standard InChI is InChI=1S/C18H19Cl2N3O4/c1-10-4-2-3-5-14(10)23-17(26)16(25)22(18(23)27)9-15(24)21-13-7-6-11(19)8-12(13)20/h6-8,10,14H,2-5,9H2,1H3,(H,21,24)/t10-,14+/m0/s1. The van der Waals surface area contributed by atoms with Crippen molar-refractivity contribution in [3.63, 3.8) is 0 Å². The SMILES string of the molecule is C[C@H]1CCCC[C@H]1N1C(=O)C(=O)N(CC(=O)Nc2ccc(Cl)cc2Cl)C1=O. The summed E-state index contributed by atoms with van der Waals surface area (Å²) in [5.74, 6) is -2.35. The maximum Gasteiger partial charge on any atom is 0.334 e. The van der Waals surface area contributed by atoms with E-state index >= 15 is 0 Å². The van der Waals surface area contributed by atoms with Crippen molar-refractivity contribution in [3.8, 4) is 0 Å². The zero-order chi connectivity index (χ0) is 19.7. The van der Waals surface area contributed by atoms with Gasteiger partial charge in [0, 0.05) is 11.1 Å². The Morgan fingerprint density at radius 3 is 2.52 bits per heavy atom. The van der Waals surface area contributed by atoms with Crippen LogP contribution in [0.15, 0.2) is 18.2 Å². The first-order valence-corrected chi connectivity index (χ1v) is 9.49. The number of halogens is 2. The highest BCUT2D eigenvalue weighted by Crippen LogP contribution is 2.31. The van der Waals surface area contributed by atoms with Crippen LogP contribution in [0.25, 0.3) is 0 Å². The molecule has 1 aliphatic heterocycles. The number of nitrogens with one attached hydrogen (secondary N) is 1. The van der Waals surface area contributed by atoms with Crippen molar-refractivity contribution in [2.75, 3.05) is 11.9 Å². The maximum atomic E-state index is 12.7. The van der Waals surface area contributed by atoms with E-state index in [4.69, 9.17) is 23.2 Å². The lowest BCUT2D eigenvalue weighted by Gasteiger charge is -2.34. The molecule has 1 saturated carbocycles. The minimum Gasteiger partial charge on any atom is -0.323 e. The molecule has 0 unspecified atom stereocenters. The lowest BCUT2D eigenvalue weighted by atomic mass is 9.85. The number of imide groups is 2. The second-order valence-electron chi connectivity index (χ2n) is 6.85. The van der Waals surface area contributed by atoms with Crippen LogP contribution in [0.2, 0.25) is 10.0 Å². The van der Waals surface area contributed by atoms with Gasteiger partial charge in [0.25, 0.3) is 0 Å². The molecule has 3 rings (SSSR count). The highest BCUT2D eigenvalue weighted by Gasteiger charge is 2.49. The number of carbonyl (C=O) groups is 4. The van der Waals surface area contributed by atoms with Crippen molar-refractivity contribution >= 4 is 52.6 Å². The van der Waals surface area contributed by atoms with E-state index in [-0.39, 0.29) is 17.0 Å². The molecule has 9 heteroatoms. The average Bonchev–Trinajstić information content (AvgIpc) is 2.82. The fourth-order valence-electron chi connectivity index (χ4n) is 3.56. The Balaban J connectivity index is 1.71. The number of nitrogens with zero attached hydrogens (tertiary/aromatic N) is 2. The Labute approximate surface area is 166 Å². The van der Waals surface area contributed by atoms with Crippen LogP contribution >= 0.6 is 23.2 Å². The molecule has 0 aromatic heterocycles. The highest BCUT2D eigenvalue weighted by atomic mass is 35.5. The summed E-state index contributed by atoms with van der Waals surface area (Å²) in [7, 11) is 0. The second kappa shape index (κ2) is 7.86. The first-order chi connectivity index (χ1) is 12.8. The van der Waals surface area contributed by atoms with E-state index in [1.54, 1.807) is 6.07 Å². The summed E-state index contributed by atoms with van der Waals surface area (Å²) < 4.78 is 0. The fourth-order valence-corrected chi connectivity index (χ4v) is 4.01. The highest BCUT2D eigenvalue weighted by molar-refractivity contribution is 6.45. The molecule has 1 saturated heterocycles. The van der Waals surface area contributed by atoms with Crippen LogP contribution in [0.4, 0.5) is 10.5 Å². The van der Waals surface area contributed by atoms with Crippen LogP contribution in [0, 0.1) is 5.92 Å². The number of urea groups is 1. The lowest BCUT2D eigenvalue weighted by molar-refractivity contribution is -0.145. The Morgan fingerprint density at radius 1 is 1.15 bits per heavy atom. The van der Waals surface area contributed by atoms with Crippen LogP contribution in [0.1, 0.15) is 32.6 Å². The third-order valence-electron chi connectivity index (χ3n) is 4.99. The number of amides is 5. The summed E-state index contributed by atoms with van der Waals surface area (Å²) in [6.07, 6.45) is 3.50. The number of anilines is 1. The van der Waals surface area contributed by atoms with Gasteiger partial charge < -0.3 is 5.32 Å². The molecule has 0 spiro atoms. The molecule has 2 aliphatic rings. The van der Waals surface area contributed by atoms with Gasteiger partial charge >= 0.3 is 17.8 Å². The van der Waals surface area contributed by atoms with E-state index in [1.165, 1.54) is 12.1 Å². The summed E-state index contributed by atoms with van der Waals surface area (Å²) in [5, 5.41) is 3.15. The van der Waals surface area contributed by atoms with Gasteiger partial charge in [0.2, 0.25) is 5.91 Å². The summed E-state index contributed by atoms with van der Waals surface area (Å²) in [6.45, 7) is 1.41. The number of rotatable bonds is 4.